The van der Waals surface area contributed by atoms with Crippen LogP contribution in [0.1, 0.15) is 41.7 Å². The van der Waals surface area contributed by atoms with Crippen LogP contribution in [-0.2, 0) is 12.5 Å². The average Bonchev–Trinajstić information content (AvgIpc) is 3.02. The fourth-order valence-corrected chi connectivity index (χ4v) is 5.53. The van der Waals surface area contributed by atoms with Crippen LogP contribution in [0.15, 0.2) is 66.9 Å². The molecule has 5 rings (SSSR count). The highest BCUT2D eigenvalue weighted by Gasteiger charge is 2.42. The van der Waals surface area contributed by atoms with E-state index in [0.29, 0.717) is 0 Å². The van der Waals surface area contributed by atoms with Crippen LogP contribution in [0.25, 0.3) is 38.4 Å². The molecular formula is C31H29N2+. The molecule has 2 nitrogen and oxygen atoms in total. The molecular weight excluding hydrogens is 400 g/mol. The average molecular weight is 430 g/mol. The van der Waals surface area contributed by atoms with Crippen molar-refractivity contribution in [1.29, 1.82) is 0 Å². The molecule has 0 N–H and O–H groups in total. The number of fused-ring (bicyclic) bond motifs is 3. The molecule has 0 unspecified atom stereocenters. The summed E-state index contributed by atoms with van der Waals surface area (Å²) in [6.07, 6.45) is 2.15. The molecule has 0 bridgehead atoms. The van der Waals surface area contributed by atoms with Crippen LogP contribution in [0.3, 0.4) is 0 Å². The standard InChI is InChI=1S/C31H29N2/c1-19-8-11-22(12-9-19)28-25(32-6)15-14-24-23-13-10-21(3)27(29(23)31(4,5)30(24)28)26-18-20(2)16-17-33(26)7/h8-18H,1-5,7H3/q+1. The first-order chi connectivity index (χ1) is 15.7. The second-order valence-electron chi connectivity index (χ2n) is 9.87. The molecule has 0 saturated heterocycles. The second kappa shape index (κ2) is 7.42. The molecule has 3 aromatic carbocycles. The van der Waals surface area contributed by atoms with Crippen LogP contribution in [0.4, 0.5) is 5.69 Å². The predicted octanol–water partition coefficient (Wildman–Crippen LogP) is 7.63. The fourth-order valence-electron chi connectivity index (χ4n) is 5.53. The van der Waals surface area contributed by atoms with Crippen molar-refractivity contribution in [1.82, 2.24) is 0 Å². The van der Waals surface area contributed by atoms with Gasteiger partial charge >= 0.3 is 0 Å². The van der Waals surface area contributed by atoms with E-state index in [9.17, 15) is 0 Å². The van der Waals surface area contributed by atoms with E-state index in [1.807, 2.05) is 6.07 Å². The highest BCUT2D eigenvalue weighted by molar-refractivity contribution is 5.96. The van der Waals surface area contributed by atoms with Gasteiger partial charge in [-0.05, 0) is 65.3 Å². The Bertz CT molecular complexity index is 1460. The van der Waals surface area contributed by atoms with Crippen molar-refractivity contribution in [2.45, 2.75) is 40.0 Å². The lowest BCUT2D eigenvalue weighted by atomic mass is 9.75. The SMILES string of the molecule is [C-]#[N+]c1ccc2c(c1-c1ccc(C)cc1)C(C)(C)c1c-2ccc(C)c1-c1cc(C)cc[n+]1C. The van der Waals surface area contributed by atoms with Crippen molar-refractivity contribution in [2.24, 2.45) is 7.05 Å². The van der Waals surface area contributed by atoms with Crippen molar-refractivity contribution in [3.8, 4) is 33.5 Å². The molecule has 1 heterocycles. The van der Waals surface area contributed by atoms with Crippen LogP contribution in [-0.4, -0.2) is 0 Å². The van der Waals surface area contributed by atoms with E-state index in [1.165, 1.54) is 50.2 Å². The Kier molecular flexibility index (Phi) is 4.76. The summed E-state index contributed by atoms with van der Waals surface area (Å²) < 4.78 is 2.22. The Hall–Kier alpha value is -3.70. The summed E-state index contributed by atoms with van der Waals surface area (Å²) in [7, 11) is 2.12. The summed E-state index contributed by atoms with van der Waals surface area (Å²) in [5, 5.41) is 0. The first-order valence-electron chi connectivity index (χ1n) is 11.5. The van der Waals surface area contributed by atoms with Crippen LogP contribution < -0.4 is 4.57 Å². The molecule has 162 valence electrons. The largest absolute Gasteiger partial charge is 0.238 e. The third kappa shape index (κ3) is 3.11. The van der Waals surface area contributed by atoms with Gasteiger partial charge in [-0.25, -0.2) is 9.41 Å². The van der Waals surface area contributed by atoms with Crippen LogP contribution >= 0.6 is 0 Å². The molecule has 4 aromatic rings. The highest BCUT2D eigenvalue weighted by atomic mass is 14.9. The number of pyridine rings is 1. The number of nitrogens with zero attached hydrogens (tertiary/aromatic N) is 2. The minimum absolute atomic E-state index is 0.246. The number of hydrogen-bond donors (Lipinski definition) is 0. The van der Waals surface area contributed by atoms with Crippen molar-refractivity contribution in [3.05, 3.63) is 106 Å². The zero-order valence-corrected chi connectivity index (χ0v) is 20.2. The summed E-state index contributed by atoms with van der Waals surface area (Å²) in [4.78, 5) is 3.94. The molecule has 0 spiro atoms. The van der Waals surface area contributed by atoms with E-state index in [1.54, 1.807) is 0 Å². The van der Waals surface area contributed by atoms with Crippen LogP contribution in [0.2, 0.25) is 0 Å². The molecule has 33 heavy (non-hydrogen) atoms. The van der Waals surface area contributed by atoms with Gasteiger partial charge in [0, 0.05) is 17.5 Å². The highest BCUT2D eigenvalue weighted by Crippen LogP contribution is 2.57. The van der Waals surface area contributed by atoms with Gasteiger partial charge in [0.2, 0.25) is 5.69 Å². The van der Waals surface area contributed by atoms with Gasteiger partial charge in [-0.1, -0.05) is 67.9 Å². The van der Waals surface area contributed by atoms with Gasteiger partial charge in [0.1, 0.15) is 7.05 Å². The summed E-state index contributed by atoms with van der Waals surface area (Å²) in [6.45, 7) is 19.0. The lowest BCUT2D eigenvalue weighted by molar-refractivity contribution is -0.660. The maximum atomic E-state index is 7.91. The van der Waals surface area contributed by atoms with Crippen LogP contribution in [0, 0.1) is 27.3 Å². The zero-order valence-electron chi connectivity index (χ0n) is 20.2. The van der Waals surface area contributed by atoms with Crippen molar-refractivity contribution >= 4 is 5.69 Å². The van der Waals surface area contributed by atoms with Gasteiger partial charge in [-0.3, -0.25) is 0 Å². The lowest BCUT2D eigenvalue weighted by Gasteiger charge is -2.27. The first-order valence-corrected chi connectivity index (χ1v) is 11.5. The molecule has 0 aliphatic heterocycles. The predicted molar refractivity (Wildman–Crippen MR) is 137 cm³/mol. The quantitative estimate of drug-likeness (QED) is 0.229. The molecule has 1 aliphatic carbocycles. The Labute approximate surface area is 197 Å². The van der Waals surface area contributed by atoms with Crippen molar-refractivity contribution < 1.29 is 4.57 Å². The molecule has 0 radical (unpaired) electrons. The number of rotatable bonds is 2. The Morgan fingerprint density at radius 3 is 2.06 bits per heavy atom. The second-order valence-corrected chi connectivity index (χ2v) is 9.87. The molecule has 1 aliphatic rings. The Balaban J connectivity index is 1.88. The van der Waals surface area contributed by atoms with Gasteiger partial charge in [-0.15, -0.1) is 0 Å². The van der Waals surface area contributed by atoms with Gasteiger partial charge in [0.15, 0.2) is 11.9 Å². The van der Waals surface area contributed by atoms with Gasteiger partial charge in [0.05, 0.1) is 12.1 Å². The molecule has 0 fully saturated rings. The molecule has 0 atom stereocenters. The van der Waals surface area contributed by atoms with E-state index in [-0.39, 0.29) is 5.41 Å². The summed E-state index contributed by atoms with van der Waals surface area (Å²) in [6, 6.07) is 21.7. The Morgan fingerprint density at radius 1 is 0.758 bits per heavy atom. The van der Waals surface area contributed by atoms with E-state index in [0.717, 1.165) is 16.8 Å². The zero-order chi connectivity index (χ0) is 23.5. The molecule has 1 aromatic heterocycles. The van der Waals surface area contributed by atoms with Crippen molar-refractivity contribution in [2.75, 3.05) is 0 Å². The number of hydrogen-bond acceptors (Lipinski definition) is 0. The number of aromatic nitrogens is 1. The lowest BCUT2D eigenvalue weighted by Crippen LogP contribution is -2.32. The minimum atomic E-state index is -0.246. The van der Waals surface area contributed by atoms with Gasteiger partial charge in [-0.2, -0.15) is 0 Å². The maximum Gasteiger partial charge on any atom is 0.213 e. The third-order valence-electron chi connectivity index (χ3n) is 7.16. The molecule has 2 heteroatoms. The smallest absolute Gasteiger partial charge is 0.213 e. The van der Waals surface area contributed by atoms with E-state index in [2.05, 4.69) is 112 Å². The maximum absolute atomic E-state index is 7.91. The minimum Gasteiger partial charge on any atom is -0.238 e. The van der Waals surface area contributed by atoms with E-state index in [4.69, 9.17) is 6.57 Å². The first kappa shape index (κ1) is 21.2. The normalized spacial score (nSPS) is 13.4. The third-order valence-corrected chi connectivity index (χ3v) is 7.16. The fraction of sp³-hybridized carbons (Fsp3) is 0.226. The van der Waals surface area contributed by atoms with Gasteiger partial charge in [0.25, 0.3) is 0 Å². The summed E-state index contributed by atoms with van der Waals surface area (Å²) in [5.74, 6) is 0. The monoisotopic (exact) mass is 429 g/mol. The summed E-state index contributed by atoms with van der Waals surface area (Å²) in [5.41, 5.74) is 14.1. The number of benzene rings is 3. The molecule has 0 amide bonds. The Morgan fingerprint density at radius 2 is 1.39 bits per heavy atom. The molecule has 0 saturated carbocycles. The van der Waals surface area contributed by atoms with Gasteiger partial charge < -0.3 is 0 Å². The van der Waals surface area contributed by atoms with Crippen LogP contribution in [0.5, 0.6) is 0 Å². The number of aryl methyl sites for hydroxylation is 4. The van der Waals surface area contributed by atoms with E-state index >= 15 is 0 Å². The van der Waals surface area contributed by atoms with Crippen molar-refractivity contribution in [3.63, 3.8) is 0 Å². The van der Waals surface area contributed by atoms with E-state index < -0.39 is 0 Å². The summed E-state index contributed by atoms with van der Waals surface area (Å²) >= 11 is 0. The topological polar surface area (TPSA) is 8.24 Å².